The van der Waals surface area contributed by atoms with Crippen LogP contribution in [0.25, 0.3) is 0 Å². The number of carbonyl (C=O) groups excluding carboxylic acids is 1. The predicted molar refractivity (Wildman–Crippen MR) is 72.5 cm³/mol. The van der Waals surface area contributed by atoms with Crippen LogP contribution in [0.2, 0.25) is 0 Å². The number of aliphatic carboxylic acids is 1. The fraction of sp³-hybridized carbons (Fsp3) is 0.467. The minimum atomic E-state index is -0.954. The standard InChI is InChI=1S/C15H19NO3/c1-10(16-9-14(17)18)15(19)13-7-6-11-4-2-3-5-12(11)8-13/h6-8,10,16H,2-5,9H2,1H3,(H,17,18). The third kappa shape index (κ3) is 3.41. The number of hydrogen-bond acceptors (Lipinski definition) is 3. The SMILES string of the molecule is CC(NCC(=O)O)C(=O)c1ccc2c(c1)CCCC2. The first-order chi connectivity index (χ1) is 9.08. The molecule has 0 amide bonds. The summed E-state index contributed by atoms with van der Waals surface area (Å²) in [6.45, 7) is 1.50. The van der Waals surface area contributed by atoms with E-state index in [1.54, 1.807) is 6.92 Å². The van der Waals surface area contributed by atoms with Gasteiger partial charge in [0.15, 0.2) is 5.78 Å². The van der Waals surface area contributed by atoms with E-state index in [0.29, 0.717) is 5.56 Å². The van der Waals surface area contributed by atoms with E-state index in [1.807, 2.05) is 18.2 Å². The van der Waals surface area contributed by atoms with E-state index in [2.05, 4.69) is 5.32 Å². The Balaban J connectivity index is 2.08. The number of benzene rings is 1. The van der Waals surface area contributed by atoms with E-state index in [9.17, 15) is 9.59 Å². The molecule has 0 saturated carbocycles. The predicted octanol–water partition coefficient (Wildman–Crippen LogP) is 1.81. The zero-order valence-electron chi connectivity index (χ0n) is 11.1. The number of carboxylic acids is 1. The smallest absolute Gasteiger partial charge is 0.317 e. The number of nitrogens with one attached hydrogen (secondary N) is 1. The van der Waals surface area contributed by atoms with Crippen molar-refractivity contribution in [2.24, 2.45) is 0 Å². The highest BCUT2D eigenvalue weighted by Gasteiger charge is 2.18. The van der Waals surface area contributed by atoms with Gasteiger partial charge in [-0.2, -0.15) is 0 Å². The van der Waals surface area contributed by atoms with Crippen molar-refractivity contribution >= 4 is 11.8 Å². The molecule has 2 rings (SSSR count). The van der Waals surface area contributed by atoms with Crippen molar-refractivity contribution in [3.8, 4) is 0 Å². The lowest BCUT2D eigenvalue weighted by Crippen LogP contribution is -2.37. The van der Waals surface area contributed by atoms with Crippen molar-refractivity contribution < 1.29 is 14.7 Å². The van der Waals surface area contributed by atoms with Crippen molar-refractivity contribution in [1.29, 1.82) is 0 Å². The van der Waals surface area contributed by atoms with Gasteiger partial charge in [0.05, 0.1) is 12.6 Å². The van der Waals surface area contributed by atoms with Crippen LogP contribution in [0.4, 0.5) is 0 Å². The van der Waals surface area contributed by atoms with Crippen LogP contribution >= 0.6 is 0 Å². The van der Waals surface area contributed by atoms with E-state index in [1.165, 1.54) is 24.0 Å². The minimum absolute atomic E-state index is 0.0466. The summed E-state index contributed by atoms with van der Waals surface area (Å²) in [4.78, 5) is 22.7. The first-order valence-corrected chi connectivity index (χ1v) is 6.69. The van der Waals surface area contributed by atoms with Crippen molar-refractivity contribution in [1.82, 2.24) is 5.32 Å². The third-order valence-electron chi connectivity index (χ3n) is 3.59. The van der Waals surface area contributed by atoms with Gasteiger partial charge in [0.2, 0.25) is 0 Å². The number of hydrogen-bond donors (Lipinski definition) is 2. The third-order valence-corrected chi connectivity index (χ3v) is 3.59. The highest BCUT2D eigenvalue weighted by Crippen LogP contribution is 2.22. The lowest BCUT2D eigenvalue weighted by molar-refractivity contribution is -0.136. The van der Waals surface area contributed by atoms with Crippen LogP contribution in [0.1, 0.15) is 41.3 Å². The number of carboxylic acid groups (broad SMARTS) is 1. The summed E-state index contributed by atoms with van der Waals surface area (Å²) in [5.41, 5.74) is 3.28. The van der Waals surface area contributed by atoms with Crippen LogP contribution in [0, 0.1) is 0 Å². The highest BCUT2D eigenvalue weighted by atomic mass is 16.4. The lowest BCUT2D eigenvalue weighted by atomic mass is 9.89. The normalized spacial score (nSPS) is 15.6. The lowest BCUT2D eigenvalue weighted by Gasteiger charge is -2.17. The first kappa shape index (κ1) is 13.7. The van der Waals surface area contributed by atoms with Gasteiger partial charge in [0.1, 0.15) is 0 Å². The molecule has 1 aliphatic rings. The zero-order chi connectivity index (χ0) is 13.8. The second-order valence-electron chi connectivity index (χ2n) is 5.05. The molecule has 1 aliphatic carbocycles. The van der Waals surface area contributed by atoms with E-state index in [0.717, 1.165) is 12.8 Å². The molecule has 0 saturated heterocycles. The number of ketones is 1. The fourth-order valence-corrected chi connectivity index (χ4v) is 2.47. The Kier molecular flexibility index (Phi) is 4.32. The fourth-order valence-electron chi connectivity index (χ4n) is 2.47. The van der Waals surface area contributed by atoms with Crippen molar-refractivity contribution in [3.63, 3.8) is 0 Å². The van der Waals surface area contributed by atoms with Gasteiger partial charge in [-0.05, 0) is 49.8 Å². The molecule has 0 aliphatic heterocycles. The quantitative estimate of drug-likeness (QED) is 0.793. The van der Waals surface area contributed by atoms with Gasteiger partial charge in [-0.1, -0.05) is 12.1 Å². The molecule has 19 heavy (non-hydrogen) atoms. The maximum atomic E-state index is 12.2. The molecule has 1 aromatic rings. The summed E-state index contributed by atoms with van der Waals surface area (Å²) in [5.74, 6) is -1.00. The van der Waals surface area contributed by atoms with Gasteiger partial charge >= 0.3 is 5.97 Å². The van der Waals surface area contributed by atoms with Crippen molar-refractivity contribution in [3.05, 3.63) is 34.9 Å². The van der Waals surface area contributed by atoms with Crippen molar-refractivity contribution in [2.45, 2.75) is 38.6 Å². The van der Waals surface area contributed by atoms with Crippen LogP contribution < -0.4 is 5.32 Å². The molecule has 4 nitrogen and oxygen atoms in total. The van der Waals surface area contributed by atoms with Gasteiger partial charge in [-0.25, -0.2) is 0 Å². The van der Waals surface area contributed by atoms with Crippen LogP contribution in [-0.2, 0) is 17.6 Å². The van der Waals surface area contributed by atoms with Gasteiger partial charge in [-0.15, -0.1) is 0 Å². The molecule has 102 valence electrons. The summed E-state index contributed by atoms with van der Waals surface area (Å²) >= 11 is 0. The molecular weight excluding hydrogens is 242 g/mol. The zero-order valence-corrected chi connectivity index (χ0v) is 11.1. The Morgan fingerprint density at radius 3 is 2.63 bits per heavy atom. The summed E-state index contributed by atoms with van der Waals surface area (Å²) in [6, 6.07) is 5.38. The number of carbonyl (C=O) groups is 2. The molecule has 1 unspecified atom stereocenters. The Hall–Kier alpha value is -1.68. The number of Topliss-reactive ketones (excluding diaryl/α,β-unsaturated/α-hetero) is 1. The second kappa shape index (κ2) is 5.97. The van der Waals surface area contributed by atoms with E-state index >= 15 is 0 Å². The van der Waals surface area contributed by atoms with Gasteiger partial charge in [0.25, 0.3) is 0 Å². The van der Waals surface area contributed by atoms with Gasteiger partial charge in [0, 0.05) is 5.56 Å². The van der Waals surface area contributed by atoms with Crippen LogP contribution in [0.15, 0.2) is 18.2 Å². The molecule has 2 N–H and O–H groups in total. The summed E-state index contributed by atoms with van der Waals surface area (Å²) in [6.07, 6.45) is 4.53. The van der Waals surface area contributed by atoms with Gasteiger partial charge < -0.3 is 5.11 Å². The summed E-state index contributed by atoms with van der Waals surface area (Å²) < 4.78 is 0. The van der Waals surface area contributed by atoms with Gasteiger partial charge in [-0.3, -0.25) is 14.9 Å². The Labute approximate surface area is 112 Å². The molecule has 1 aromatic carbocycles. The summed E-state index contributed by atoms with van der Waals surface area (Å²) in [7, 11) is 0. The second-order valence-corrected chi connectivity index (χ2v) is 5.05. The minimum Gasteiger partial charge on any atom is -0.480 e. The monoisotopic (exact) mass is 261 g/mol. The molecular formula is C15H19NO3. The molecule has 0 radical (unpaired) electrons. The average Bonchev–Trinajstić information content (AvgIpc) is 2.43. The largest absolute Gasteiger partial charge is 0.480 e. The topological polar surface area (TPSA) is 66.4 Å². The number of aryl methyl sites for hydroxylation is 2. The molecule has 4 heteroatoms. The molecule has 1 atom stereocenters. The maximum Gasteiger partial charge on any atom is 0.317 e. The molecule has 0 aromatic heterocycles. The first-order valence-electron chi connectivity index (χ1n) is 6.69. The van der Waals surface area contributed by atoms with Crippen LogP contribution in [-0.4, -0.2) is 29.4 Å². The number of rotatable bonds is 5. The van der Waals surface area contributed by atoms with E-state index < -0.39 is 12.0 Å². The highest BCUT2D eigenvalue weighted by molar-refractivity contribution is 6.00. The van der Waals surface area contributed by atoms with E-state index in [4.69, 9.17) is 5.11 Å². The molecule has 0 bridgehead atoms. The number of fused-ring (bicyclic) bond motifs is 1. The van der Waals surface area contributed by atoms with Crippen LogP contribution in [0.5, 0.6) is 0 Å². The van der Waals surface area contributed by atoms with E-state index in [-0.39, 0.29) is 12.3 Å². The average molecular weight is 261 g/mol. The molecule has 0 fully saturated rings. The summed E-state index contributed by atoms with van der Waals surface area (Å²) in [5, 5.41) is 11.3. The molecule has 0 spiro atoms. The Morgan fingerprint density at radius 1 is 1.26 bits per heavy atom. The molecule has 0 heterocycles. The Bertz CT molecular complexity index is 496. The Morgan fingerprint density at radius 2 is 1.95 bits per heavy atom. The maximum absolute atomic E-state index is 12.2. The van der Waals surface area contributed by atoms with Crippen LogP contribution in [0.3, 0.4) is 0 Å². The van der Waals surface area contributed by atoms with Crippen molar-refractivity contribution in [2.75, 3.05) is 6.54 Å².